The fourth-order valence-electron chi connectivity index (χ4n) is 3.31. The summed E-state index contributed by atoms with van der Waals surface area (Å²) in [7, 11) is 0. The van der Waals surface area contributed by atoms with Crippen LogP contribution < -0.4 is 5.73 Å². The largest absolute Gasteiger partial charge is 0.366 e. The average Bonchev–Trinajstić information content (AvgIpc) is 2.47. The highest BCUT2D eigenvalue weighted by molar-refractivity contribution is 6.07. The molecule has 0 atom stereocenters. The molecule has 19 heavy (non-hydrogen) atoms. The van der Waals surface area contributed by atoms with Crippen molar-refractivity contribution in [3.63, 3.8) is 0 Å². The Hall–Kier alpha value is -1.83. The summed E-state index contributed by atoms with van der Waals surface area (Å²) in [6.07, 6.45) is 6.51. The molecule has 0 unspecified atom stereocenters. The van der Waals surface area contributed by atoms with Gasteiger partial charge < -0.3 is 5.73 Å². The average molecular weight is 253 g/mol. The molecule has 0 radical (unpaired) electrons. The lowest BCUT2D eigenvalue weighted by Gasteiger charge is -2.23. The number of nitrogens with two attached hydrogens (primary N) is 1. The Kier molecular flexibility index (Phi) is 3.24. The summed E-state index contributed by atoms with van der Waals surface area (Å²) < 4.78 is 0. The van der Waals surface area contributed by atoms with Crippen molar-refractivity contribution in [2.45, 2.75) is 38.0 Å². The van der Waals surface area contributed by atoms with Crippen LogP contribution in [0, 0.1) is 0 Å². The molecular weight excluding hydrogens is 234 g/mol. The number of hydrogen-bond donors (Lipinski definition) is 1. The Morgan fingerprint density at radius 2 is 1.63 bits per heavy atom. The van der Waals surface area contributed by atoms with Crippen molar-refractivity contribution in [3.8, 4) is 0 Å². The van der Waals surface area contributed by atoms with E-state index in [1.807, 2.05) is 24.3 Å². The second-order valence-electron chi connectivity index (χ2n) is 5.45. The third kappa shape index (κ3) is 2.23. The number of carbonyl (C=O) groups excluding carboxylic acids is 1. The van der Waals surface area contributed by atoms with E-state index in [2.05, 4.69) is 12.1 Å². The van der Waals surface area contributed by atoms with Gasteiger partial charge in [0.25, 0.3) is 0 Å². The van der Waals surface area contributed by atoms with Crippen molar-refractivity contribution < 1.29 is 4.79 Å². The first-order chi connectivity index (χ1) is 9.27. The molecule has 0 aliphatic heterocycles. The van der Waals surface area contributed by atoms with E-state index in [4.69, 9.17) is 5.73 Å². The molecule has 2 nitrogen and oxygen atoms in total. The number of hydrogen-bond acceptors (Lipinski definition) is 1. The van der Waals surface area contributed by atoms with Crippen LogP contribution in [-0.2, 0) is 0 Å². The van der Waals surface area contributed by atoms with Gasteiger partial charge in [0, 0.05) is 5.56 Å². The van der Waals surface area contributed by atoms with Crippen LogP contribution in [0.3, 0.4) is 0 Å². The number of amides is 1. The van der Waals surface area contributed by atoms with Gasteiger partial charge in [0.05, 0.1) is 0 Å². The molecule has 1 saturated carbocycles. The molecule has 1 aliphatic carbocycles. The van der Waals surface area contributed by atoms with Crippen molar-refractivity contribution in [1.82, 2.24) is 0 Å². The van der Waals surface area contributed by atoms with Gasteiger partial charge >= 0.3 is 0 Å². The van der Waals surface area contributed by atoms with Crippen LogP contribution in [0.2, 0.25) is 0 Å². The number of rotatable bonds is 2. The Bertz CT molecular complexity index is 612. The summed E-state index contributed by atoms with van der Waals surface area (Å²) >= 11 is 0. The highest BCUT2D eigenvalue weighted by atomic mass is 16.1. The van der Waals surface area contributed by atoms with Gasteiger partial charge in [-0.25, -0.2) is 0 Å². The quantitative estimate of drug-likeness (QED) is 0.864. The zero-order chi connectivity index (χ0) is 13.2. The summed E-state index contributed by atoms with van der Waals surface area (Å²) in [4.78, 5) is 11.5. The molecule has 1 aliphatic rings. The molecule has 1 fully saturated rings. The Labute approximate surface area is 113 Å². The fraction of sp³-hybridized carbons (Fsp3) is 0.353. The minimum Gasteiger partial charge on any atom is -0.366 e. The maximum absolute atomic E-state index is 11.5. The predicted molar refractivity (Wildman–Crippen MR) is 78.3 cm³/mol. The maximum Gasteiger partial charge on any atom is 0.249 e. The first kappa shape index (κ1) is 12.2. The summed E-state index contributed by atoms with van der Waals surface area (Å²) in [5.74, 6) is 0.298. The highest BCUT2D eigenvalue weighted by Crippen LogP contribution is 2.37. The molecule has 2 aromatic carbocycles. The molecule has 2 N–H and O–H groups in total. The number of primary amides is 1. The van der Waals surface area contributed by atoms with Crippen LogP contribution in [0.4, 0.5) is 0 Å². The molecule has 0 heterocycles. The topological polar surface area (TPSA) is 43.1 Å². The zero-order valence-electron chi connectivity index (χ0n) is 11.1. The number of fused-ring (bicyclic) bond motifs is 1. The van der Waals surface area contributed by atoms with E-state index < -0.39 is 0 Å². The minimum absolute atomic E-state index is 0.341. The zero-order valence-corrected chi connectivity index (χ0v) is 11.1. The van der Waals surface area contributed by atoms with E-state index in [9.17, 15) is 4.79 Å². The second kappa shape index (κ2) is 5.04. The number of carbonyl (C=O) groups is 1. The van der Waals surface area contributed by atoms with Gasteiger partial charge in [-0.05, 0) is 41.2 Å². The highest BCUT2D eigenvalue weighted by Gasteiger charge is 2.19. The fourth-order valence-corrected chi connectivity index (χ4v) is 3.31. The third-order valence-electron chi connectivity index (χ3n) is 4.27. The standard InChI is InChI=1S/C17H19NO/c18-17(19)16-11-10-13(12-6-2-1-3-7-12)14-8-4-5-9-15(14)16/h4-5,8-12H,1-3,6-7H2,(H2,18,19). The van der Waals surface area contributed by atoms with Crippen LogP contribution in [0.25, 0.3) is 10.8 Å². The Morgan fingerprint density at radius 3 is 2.32 bits per heavy atom. The van der Waals surface area contributed by atoms with E-state index >= 15 is 0 Å². The summed E-state index contributed by atoms with van der Waals surface area (Å²) in [6.45, 7) is 0. The van der Waals surface area contributed by atoms with Crippen LogP contribution in [0.15, 0.2) is 36.4 Å². The third-order valence-corrected chi connectivity index (χ3v) is 4.27. The molecule has 1 amide bonds. The van der Waals surface area contributed by atoms with Crippen LogP contribution in [0.5, 0.6) is 0 Å². The Morgan fingerprint density at radius 1 is 0.947 bits per heavy atom. The van der Waals surface area contributed by atoms with Crippen molar-refractivity contribution in [1.29, 1.82) is 0 Å². The van der Waals surface area contributed by atoms with Gasteiger partial charge in [0.1, 0.15) is 0 Å². The van der Waals surface area contributed by atoms with Crippen LogP contribution >= 0.6 is 0 Å². The summed E-state index contributed by atoms with van der Waals surface area (Å²) in [5, 5.41) is 2.20. The van der Waals surface area contributed by atoms with Gasteiger partial charge in [-0.1, -0.05) is 49.6 Å². The monoisotopic (exact) mass is 253 g/mol. The van der Waals surface area contributed by atoms with E-state index in [0.29, 0.717) is 11.5 Å². The lowest BCUT2D eigenvalue weighted by Crippen LogP contribution is -2.12. The van der Waals surface area contributed by atoms with Gasteiger partial charge in [0.2, 0.25) is 5.91 Å². The molecule has 2 aromatic rings. The van der Waals surface area contributed by atoms with E-state index in [0.717, 1.165) is 5.39 Å². The van der Waals surface area contributed by atoms with Gasteiger partial charge in [0.15, 0.2) is 0 Å². The molecule has 0 spiro atoms. The first-order valence-electron chi connectivity index (χ1n) is 7.09. The van der Waals surface area contributed by atoms with E-state index in [1.165, 1.54) is 43.1 Å². The smallest absolute Gasteiger partial charge is 0.249 e. The molecular formula is C17H19NO. The summed E-state index contributed by atoms with van der Waals surface area (Å²) in [6, 6.07) is 12.1. The number of benzene rings is 2. The Balaban J connectivity index is 2.15. The molecule has 0 bridgehead atoms. The first-order valence-corrected chi connectivity index (χ1v) is 7.09. The lowest BCUT2D eigenvalue weighted by molar-refractivity contribution is 0.100. The normalized spacial score (nSPS) is 16.6. The van der Waals surface area contributed by atoms with Crippen LogP contribution in [0.1, 0.15) is 53.9 Å². The van der Waals surface area contributed by atoms with Gasteiger partial charge in [-0.15, -0.1) is 0 Å². The lowest BCUT2D eigenvalue weighted by atomic mass is 9.81. The summed E-state index contributed by atoms with van der Waals surface area (Å²) in [5.41, 5.74) is 7.49. The van der Waals surface area contributed by atoms with Crippen LogP contribution in [-0.4, -0.2) is 5.91 Å². The predicted octanol–water partition coefficient (Wildman–Crippen LogP) is 3.99. The van der Waals surface area contributed by atoms with E-state index in [-0.39, 0.29) is 5.91 Å². The van der Waals surface area contributed by atoms with Crippen molar-refractivity contribution in [3.05, 3.63) is 47.5 Å². The molecule has 0 saturated heterocycles. The van der Waals surface area contributed by atoms with Crippen molar-refractivity contribution in [2.75, 3.05) is 0 Å². The molecule has 3 rings (SSSR count). The maximum atomic E-state index is 11.5. The second-order valence-corrected chi connectivity index (χ2v) is 5.45. The van der Waals surface area contributed by atoms with Gasteiger partial charge in [-0.3, -0.25) is 4.79 Å². The molecule has 0 aromatic heterocycles. The van der Waals surface area contributed by atoms with E-state index in [1.54, 1.807) is 0 Å². The molecule has 98 valence electrons. The van der Waals surface area contributed by atoms with Gasteiger partial charge in [-0.2, -0.15) is 0 Å². The van der Waals surface area contributed by atoms with Crippen molar-refractivity contribution >= 4 is 16.7 Å². The van der Waals surface area contributed by atoms with Crippen molar-refractivity contribution in [2.24, 2.45) is 5.73 Å². The minimum atomic E-state index is -0.341. The molecule has 2 heteroatoms. The SMILES string of the molecule is NC(=O)c1ccc(C2CCCCC2)c2ccccc12.